The van der Waals surface area contributed by atoms with E-state index in [4.69, 9.17) is 11.6 Å². The maximum atomic E-state index is 5.94. The first-order valence-electron chi connectivity index (χ1n) is 4.21. The fraction of sp³-hybridized carbons (Fsp3) is 0.200. The molecule has 0 aliphatic heterocycles. The molecule has 0 aliphatic rings. The van der Waals surface area contributed by atoms with Crippen molar-refractivity contribution in [1.82, 2.24) is 9.97 Å². The number of thiophene rings is 1. The molecule has 4 heteroatoms. The van der Waals surface area contributed by atoms with Crippen molar-refractivity contribution in [3.05, 3.63) is 33.4 Å². The number of aryl methyl sites for hydroxylation is 1. The Balaban J connectivity index is 2.63. The zero-order valence-corrected chi connectivity index (χ0v) is 9.49. The van der Waals surface area contributed by atoms with Crippen LogP contribution < -0.4 is 0 Å². The average Bonchev–Trinajstić information content (AvgIpc) is 2.57. The van der Waals surface area contributed by atoms with Crippen LogP contribution in [0.2, 0.25) is 5.15 Å². The van der Waals surface area contributed by atoms with Crippen molar-refractivity contribution in [2.24, 2.45) is 0 Å². The van der Waals surface area contributed by atoms with Crippen LogP contribution in [-0.4, -0.2) is 9.97 Å². The second-order valence-corrected chi connectivity index (χ2v) is 4.51. The van der Waals surface area contributed by atoms with Gasteiger partial charge in [-0.3, -0.25) is 0 Å². The lowest BCUT2D eigenvalue weighted by atomic mass is 10.1. The van der Waals surface area contributed by atoms with Crippen LogP contribution in [0.4, 0.5) is 0 Å². The van der Waals surface area contributed by atoms with E-state index in [1.807, 2.05) is 6.92 Å². The molecule has 14 heavy (non-hydrogen) atoms. The molecule has 72 valence electrons. The topological polar surface area (TPSA) is 25.8 Å². The van der Waals surface area contributed by atoms with E-state index in [0.717, 1.165) is 16.8 Å². The molecular weight excluding hydrogens is 216 g/mol. The van der Waals surface area contributed by atoms with Crippen LogP contribution in [0.3, 0.4) is 0 Å². The van der Waals surface area contributed by atoms with E-state index < -0.39 is 0 Å². The van der Waals surface area contributed by atoms with E-state index in [9.17, 15) is 0 Å². The van der Waals surface area contributed by atoms with Gasteiger partial charge in [0.2, 0.25) is 0 Å². The predicted octanol–water partition coefficient (Wildman–Crippen LogP) is 3.48. The van der Waals surface area contributed by atoms with E-state index in [2.05, 4.69) is 28.3 Å². The Bertz CT molecular complexity index is 465. The van der Waals surface area contributed by atoms with Gasteiger partial charge in [-0.2, -0.15) is 0 Å². The Hall–Kier alpha value is -0.930. The van der Waals surface area contributed by atoms with Gasteiger partial charge >= 0.3 is 0 Å². The van der Waals surface area contributed by atoms with Crippen molar-refractivity contribution in [3.8, 4) is 11.3 Å². The molecule has 0 spiro atoms. The standard InChI is InChI=1S/C10H9ClN2S/c1-6-9(12-5-13-10(6)11)8-3-4-14-7(8)2/h3-5H,1-2H3. The normalized spacial score (nSPS) is 10.5. The molecule has 2 rings (SSSR count). The molecule has 0 amide bonds. The van der Waals surface area contributed by atoms with Gasteiger partial charge in [-0.05, 0) is 25.3 Å². The highest BCUT2D eigenvalue weighted by Crippen LogP contribution is 2.29. The highest BCUT2D eigenvalue weighted by Gasteiger charge is 2.10. The second kappa shape index (κ2) is 3.67. The number of hydrogen-bond donors (Lipinski definition) is 0. The lowest BCUT2D eigenvalue weighted by molar-refractivity contribution is 1.13. The van der Waals surface area contributed by atoms with Crippen LogP contribution in [0.1, 0.15) is 10.4 Å². The van der Waals surface area contributed by atoms with Gasteiger partial charge < -0.3 is 0 Å². The van der Waals surface area contributed by atoms with Crippen LogP contribution in [0, 0.1) is 13.8 Å². The van der Waals surface area contributed by atoms with Crippen molar-refractivity contribution in [2.45, 2.75) is 13.8 Å². The van der Waals surface area contributed by atoms with Crippen molar-refractivity contribution in [1.29, 1.82) is 0 Å². The lowest BCUT2D eigenvalue weighted by Crippen LogP contribution is -1.91. The summed E-state index contributed by atoms with van der Waals surface area (Å²) in [6.07, 6.45) is 1.50. The van der Waals surface area contributed by atoms with Gasteiger partial charge in [-0.15, -0.1) is 11.3 Å². The summed E-state index contributed by atoms with van der Waals surface area (Å²) in [4.78, 5) is 9.44. The molecule has 0 bridgehead atoms. The summed E-state index contributed by atoms with van der Waals surface area (Å²) in [6.45, 7) is 4.02. The van der Waals surface area contributed by atoms with Crippen LogP contribution >= 0.6 is 22.9 Å². The molecule has 0 aliphatic carbocycles. The van der Waals surface area contributed by atoms with E-state index >= 15 is 0 Å². The van der Waals surface area contributed by atoms with Crippen molar-refractivity contribution in [3.63, 3.8) is 0 Å². The fourth-order valence-corrected chi connectivity index (χ4v) is 2.16. The first-order chi connectivity index (χ1) is 6.70. The van der Waals surface area contributed by atoms with E-state index in [1.54, 1.807) is 11.3 Å². The zero-order valence-electron chi connectivity index (χ0n) is 7.91. The van der Waals surface area contributed by atoms with Gasteiger partial charge in [0.05, 0.1) is 5.69 Å². The molecule has 2 aromatic heterocycles. The van der Waals surface area contributed by atoms with E-state index in [-0.39, 0.29) is 0 Å². The highest BCUT2D eigenvalue weighted by atomic mass is 35.5. The number of nitrogens with zero attached hydrogens (tertiary/aromatic N) is 2. The van der Waals surface area contributed by atoms with E-state index in [1.165, 1.54) is 11.2 Å². The molecule has 2 aromatic rings. The van der Waals surface area contributed by atoms with Crippen molar-refractivity contribution in [2.75, 3.05) is 0 Å². The average molecular weight is 225 g/mol. The van der Waals surface area contributed by atoms with Gasteiger partial charge in [-0.1, -0.05) is 11.6 Å². The summed E-state index contributed by atoms with van der Waals surface area (Å²) in [5.41, 5.74) is 3.02. The van der Waals surface area contributed by atoms with Gasteiger partial charge in [0, 0.05) is 16.0 Å². The van der Waals surface area contributed by atoms with Gasteiger partial charge in [0.15, 0.2) is 0 Å². The Morgan fingerprint density at radius 1 is 1.29 bits per heavy atom. The molecule has 2 heterocycles. The first-order valence-corrected chi connectivity index (χ1v) is 5.47. The van der Waals surface area contributed by atoms with Crippen LogP contribution in [0.5, 0.6) is 0 Å². The van der Waals surface area contributed by atoms with Crippen LogP contribution in [0.15, 0.2) is 17.8 Å². The molecule has 0 N–H and O–H groups in total. The number of rotatable bonds is 1. The number of aromatic nitrogens is 2. The second-order valence-electron chi connectivity index (χ2n) is 3.03. The summed E-state index contributed by atoms with van der Waals surface area (Å²) < 4.78 is 0. The molecule has 0 atom stereocenters. The van der Waals surface area contributed by atoms with Gasteiger partial charge in [0.1, 0.15) is 11.5 Å². The largest absolute Gasteiger partial charge is 0.236 e. The van der Waals surface area contributed by atoms with Crippen molar-refractivity contribution < 1.29 is 0 Å². The third-order valence-corrected chi connectivity index (χ3v) is 3.36. The molecular formula is C10H9ClN2S. The summed E-state index contributed by atoms with van der Waals surface area (Å²) in [6, 6.07) is 2.06. The molecule has 0 unspecified atom stereocenters. The monoisotopic (exact) mass is 224 g/mol. The van der Waals surface area contributed by atoms with E-state index in [0.29, 0.717) is 5.15 Å². The first kappa shape index (κ1) is 9.62. The van der Waals surface area contributed by atoms with Crippen LogP contribution in [0.25, 0.3) is 11.3 Å². The molecule has 0 aromatic carbocycles. The summed E-state index contributed by atoms with van der Waals surface area (Å²) in [5.74, 6) is 0. The third-order valence-electron chi connectivity index (χ3n) is 2.14. The lowest BCUT2D eigenvalue weighted by Gasteiger charge is -2.04. The maximum Gasteiger partial charge on any atom is 0.135 e. The molecule has 2 nitrogen and oxygen atoms in total. The fourth-order valence-electron chi connectivity index (χ4n) is 1.33. The minimum Gasteiger partial charge on any atom is -0.236 e. The molecule has 0 radical (unpaired) electrons. The van der Waals surface area contributed by atoms with Crippen molar-refractivity contribution >= 4 is 22.9 Å². The predicted molar refractivity (Wildman–Crippen MR) is 59.8 cm³/mol. The minimum atomic E-state index is 0.528. The zero-order chi connectivity index (χ0) is 10.1. The highest BCUT2D eigenvalue weighted by molar-refractivity contribution is 7.10. The number of halogens is 1. The quantitative estimate of drug-likeness (QED) is 0.694. The van der Waals surface area contributed by atoms with Crippen LogP contribution in [-0.2, 0) is 0 Å². The SMILES string of the molecule is Cc1sccc1-c1ncnc(Cl)c1C. The number of hydrogen-bond acceptors (Lipinski definition) is 3. The molecule has 0 saturated heterocycles. The van der Waals surface area contributed by atoms with Gasteiger partial charge in [-0.25, -0.2) is 9.97 Å². The molecule has 0 fully saturated rings. The smallest absolute Gasteiger partial charge is 0.135 e. The minimum absolute atomic E-state index is 0.528. The Kier molecular flexibility index (Phi) is 2.52. The maximum absolute atomic E-state index is 5.94. The third kappa shape index (κ3) is 1.53. The Morgan fingerprint density at radius 2 is 2.07 bits per heavy atom. The summed E-state index contributed by atoms with van der Waals surface area (Å²) in [5, 5.41) is 2.58. The summed E-state index contributed by atoms with van der Waals surface area (Å²) in [7, 11) is 0. The summed E-state index contributed by atoms with van der Waals surface area (Å²) >= 11 is 7.65. The Labute approximate surface area is 91.6 Å². The molecule has 0 saturated carbocycles. The van der Waals surface area contributed by atoms with Gasteiger partial charge in [0.25, 0.3) is 0 Å². The Morgan fingerprint density at radius 3 is 2.71 bits per heavy atom.